The number of amides is 1. The number of carbonyl (C=O) groups is 1. The van der Waals surface area contributed by atoms with Crippen LogP contribution in [0.15, 0.2) is 42.5 Å². The highest BCUT2D eigenvalue weighted by Crippen LogP contribution is 2.25. The minimum absolute atomic E-state index is 0.0768. The lowest BCUT2D eigenvalue weighted by Gasteiger charge is -2.32. The van der Waals surface area contributed by atoms with E-state index >= 15 is 0 Å². The normalized spacial score (nSPS) is 14.8. The lowest BCUT2D eigenvalue weighted by atomic mass is 10.1. The molecule has 1 aliphatic heterocycles. The number of anilines is 1. The average molecular weight is 369 g/mol. The van der Waals surface area contributed by atoms with Crippen LogP contribution in [0.1, 0.15) is 21.5 Å². The monoisotopic (exact) mass is 369 g/mol. The molecule has 1 amide bonds. The largest absolute Gasteiger partial charge is 0.383 e. The molecule has 3 rings (SSSR count). The zero-order valence-electron chi connectivity index (χ0n) is 15.7. The molecule has 2 aromatic rings. The van der Waals surface area contributed by atoms with Crippen molar-refractivity contribution in [3.63, 3.8) is 0 Å². The number of carbonyl (C=O) groups excluding carboxylic acids is 1. The van der Waals surface area contributed by atoms with Gasteiger partial charge in [-0.25, -0.2) is 0 Å². The van der Waals surface area contributed by atoms with Crippen LogP contribution >= 0.6 is 0 Å². The van der Waals surface area contributed by atoms with Gasteiger partial charge in [0.1, 0.15) is 12.2 Å². The number of nitrogens with zero attached hydrogens (tertiary/aromatic N) is 2. The molecule has 0 atom stereocenters. The highest BCUT2D eigenvalue weighted by molar-refractivity contribution is 5.95. The second kappa shape index (κ2) is 8.18. The summed E-state index contributed by atoms with van der Waals surface area (Å²) in [4.78, 5) is 26.7. The average Bonchev–Trinajstić information content (AvgIpc) is 2.67. The van der Waals surface area contributed by atoms with Crippen LogP contribution in [0.5, 0.6) is 0 Å². The maximum Gasteiger partial charge on any atom is 0.293 e. The predicted molar refractivity (Wildman–Crippen MR) is 104 cm³/mol. The van der Waals surface area contributed by atoms with Gasteiger partial charge in [-0.3, -0.25) is 14.9 Å². The first-order chi connectivity index (χ1) is 13.0. The summed E-state index contributed by atoms with van der Waals surface area (Å²) >= 11 is 0. The minimum Gasteiger partial charge on any atom is -0.383 e. The van der Waals surface area contributed by atoms with Crippen LogP contribution < -0.4 is 10.2 Å². The molecule has 0 aliphatic carbocycles. The third-order valence-electron chi connectivity index (χ3n) is 5.01. The zero-order valence-corrected chi connectivity index (χ0v) is 15.7. The van der Waals surface area contributed by atoms with E-state index in [9.17, 15) is 14.9 Å². The Morgan fingerprint density at radius 3 is 2.59 bits per heavy atom. The summed E-state index contributed by atoms with van der Waals surface area (Å²) in [5, 5.41) is 14.0. The van der Waals surface area contributed by atoms with E-state index in [0.717, 1.165) is 19.6 Å². The standard InChI is InChI=1S/C20H24N4O3/c1-15-4-3-5-16(12-15)14-22-8-10-23(11-9-22)20(25)17-6-7-18(21-2)19(13-17)24(26)27/h3-7,12-13,21H,8-11,14H2,1-2H3/p+1. The number of rotatable bonds is 5. The van der Waals surface area contributed by atoms with Gasteiger partial charge < -0.3 is 15.1 Å². The molecule has 1 fully saturated rings. The Morgan fingerprint density at radius 1 is 1.22 bits per heavy atom. The van der Waals surface area contributed by atoms with Gasteiger partial charge >= 0.3 is 0 Å². The fourth-order valence-electron chi connectivity index (χ4n) is 3.52. The summed E-state index contributed by atoms with van der Waals surface area (Å²) < 4.78 is 0. The number of nitro benzene ring substituents is 1. The van der Waals surface area contributed by atoms with Crippen molar-refractivity contribution in [1.82, 2.24) is 4.90 Å². The molecule has 1 saturated heterocycles. The first kappa shape index (κ1) is 18.8. The topological polar surface area (TPSA) is 79.9 Å². The van der Waals surface area contributed by atoms with Crippen LogP contribution in [0.25, 0.3) is 0 Å². The molecule has 1 aliphatic rings. The molecular formula is C20H25N4O3+. The van der Waals surface area contributed by atoms with E-state index in [-0.39, 0.29) is 11.6 Å². The van der Waals surface area contributed by atoms with E-state index in [1.165, 1.54) is 22.1 Å². The Balaban J connectivity index is 1.63. The molecule has 7 heteroatoms. The van der Waals surface area contributed by atoms with Crippen LogP contribution in [-0.2, 0) is 6.54 Å². The molecular weight excluding hydrogens is 344 g/mol. The molecule has 2 N–H and O–H groups in total. The van der Waals surface area contributed by atoms with E-state index in [0.29, 0.717) is 24.3 Å². The summed E-state index contributed by atoms with van der Waals surface area (Å²) in [6, 6.07) is 13.1. The molecule has 142 valence electrons. The molecule has 27 heavy (non-hydrogen) atoms. The van der Waals surface area contributed by atoms with Gasteiger partial charge in [-0.15, -0.1) is 0 Å². The Morgan fingerprint density at radius 2 is 1.96 bits per heavy atom. The van der Waals surface area contributed by atoms with Crippen LogP contribution in [0.3, 0.4) is 0 Å². The van der Waals surface area contributed by atoms with E-state index < -0.39 is 4.92 Å². The highest BCUT2D eigenvalue weighted by Gasteiger charge is 2.26. The predicted octanol–water partition coefficient (Wildman–Crippen LogP) is 1.49. The molecule has 0 saturated carbocycles. The van der Waals surface area contributed by atoms with E-state index in [1.807, 2.05) is 0 Å². The third-order valence-corrected chi connectivity index (χ3v) is 5.01. The van der Waals surface area contributed by atoms with Gasteiger partial charge in [0.2, 0.25) is 0 Å². The maximum absolute atomic E-state index is 12.8. The fraction of sp³-hybridized carbons (Fsp3) is 0.350. The summed E-state index contributed by atoms with van der Waals surface area (Å²) in [6.07, 6.45) is 0. The van der Waals surface area contributed by atoms with Gasteiger partial charge in [-0.05, 0) is 19.1 Å². The van der Waals surface area contributed by atoms with E-state index in [2.05, 4.69) is 36.5 Å². The number of aryl methyl sites for hydroxylation is 1. The molecule has 7 nitrogen and oxygen atoms in total. The zero-order chi connectivity index (χ0) is 19.4. The quantitative estimate of drug-likeness (QED) is 0.618. The Bertz CT molecular complexity index is 845. The lowest BCUT2D eigenvalue weighted by molar-refractivity contribution is -0.917. The Hall–Kier alpha value is -2.93. The Labute approximate surface area is 158 Å². The fourth-order valence-corrected chi connectivity index (χ4v) is 3.52. The van der Waals surface area contributed by atoms with Crippen LogP contribution in [0, 0.1) is 17.0 Å². The van der Waals surface area contributed by atoms with Crippen LogP contribution in [0.4, 0.5) is 11.4 Å². The van der Waals surface area contributed by atoms with Crippen molar-refractivity contribution in [3.8, 4) is 0 Å². The van der Waals surface area contributed by atoms with Crippen molar-refractivity contribution in [2.75, 3.05) is 38.5 Å². The molecule has 0 aromatic heterocycles. The molecule has 0 unspecified atom stereocenters. The maximum atomic E-state index is 12.8. The van der Waals surface area contributed by atoms with Gasteiger partial charge in [0.05, 0.1) is 31.1 Å². The van der Waals surface area contributed by atoms with Crippen molar-refractivity contribution < 1.29 is 14.6 Å². The van der Waals surface area contributed by atoms with Gasteiger partial charge in [0.15, 0.2) is 0 Å². The number of nitro groups is 1. The number of hydrogen-bond acceptors (Lipinski definition) is 4. The van der Waals surface area contributed by atoms with Crippen molar-refractivity contribution in [3.05, 3.63) is 69.3 Å². The first-order valence-electron chi connectivity index (χ1n) is 9.12. The van der Waals surface area contributed by atoms with Crippen molar-refractivity contribution in [2.24, 2.45) is 0 Å². The van der Waals surface area contributed by atoms with Gasteiger partial charge in [-0.2, -0.15) is 0 Å². The number of hydrogen-bond donors (Lipinski definition) is 2. The van der Waals surface area contributed by atoms with Crippen molar-refractivity contribution in [1.29, 1.82) is 0 Å². The smallest absolute Gasteiger partial charge is 0.293 e. The van der Waals surface area contributed by atoms with Gasteiger partial charge in [-0.1, -0.05) is 29.8 Å². The Kier molecular flexibility index (Phi) is 5.71. The van der Waals surface area contributed by atoms with E-state index in [1.54, 1.807) is 24.1 Å². The summed E-state index contributed by atoms with van der Waals surface area (Å²) in [6.45, 7) is 6.09. The second-order valence-corrected chi connectivity index (χ2v) is 6.95. The summed E-state index contributed by atoms with van der Waals surface area (Å²) in [5.74, 6) is -0.143. The lowest BCUT2D eigenvalue weighted by Crippen LogP contribution is -3.13. The number of nitrogens with one attached hydrogen (secondary N) is 2. The van der Waals surface area contributed by atoms with Crippen molar-refractivity contribution in [2.45, 2.75) is 13.5 Å². The van der Waals surface area contributed by atoms with Crippen molar-refractivity contribution >= 4 is 17.3 Å². The van der Waals surface area contributed by atoms with Gasteiger partial charge in [0.25, 0.3) is 11.6 Å². The molecule has 0 bridgehead atoms. The molecule has 0 spiro atoms. The SMILES string of the molecule is CNc1ccc(C(=O)N2CC[NH+](Cc3cccc(C)c3)CC2)cc1[N+](=O)[O-]. The molecule has 1 heterocycles. The summed E-state index contributed by atoms with van der Waals surface area (Å²) in [5.41, 5.74) is 3.26. The molecule has 2 aromatic carbocycles. The van der Waals surface area contributed by atoms with Crippen LogP contribution in [-0.4, -0.2) is 49.0 Å². The van der Waals surface area contributed by atoms with E-state index in [4.69, 9.17) is 0 Å². The third kappa shape index (κ3) is 4.43. The van der Waals surface area contributed by atoms with Crippen LogP contribution in [0.2, 0.25) is 0 Å². The molecule has 0 radical (unpaired) electrons. The second-order valence-electron chi connectivity index (χ2n) is 6.95. The number of benzene rings is 2. The number of piperazine rings is 1. The van der Waals surface area contributed by atoms with Gasteiger partial charge in [0, 0.05) is 24.2 Å². The minimum atomic E-state index is -0.466. The highest BCUT2D eigenvalue weighted by atomic mass is 16.6. The number of quaternary nitrogens is 1. The first-order valence-corrected chi connectivity index (χ1v) is 9.12. The summed E-state index contributed by atoms with van der Waals surface area (Å²) in [7, 11) is 1.63.